The average Bonchev–Trinajstić information content (AvgIpc) is 2.95. The van der Waals surface area contributed by atoms with E-state index in [0.717, 1.165) is 57.6 Å². The number of hydrogen-bond donors (Lipinski definition) is 2. The molecular formula is C27H30FN7O2. The molecule has 0 radical (unpaired) electrons. The molecular weight excluding hydrogens is 473 g/mol. The molecule has 0 spiro atoms. The predicted octanol–water partition coefficient (Wildman–Crippen LogP) is 3.45. The Balaban J connectivity index is 1.37. The van der Waals surface area contributed by atoms with Crippen molar-refractivity contribution in [2.45, 2.75) is 13.3 Å². The van der Waals surface area contributed by atoms with Gasteiger partial charge in [-0.2, -0.15) is 0 Å². The molecule has 2 N–H and O–H groups in total. The Labute approximate surface area is 214 Å². The van der Waals surface area contributed by atoms with Gasteiger partial charge in [0.05, 0.1) is 18.2 Å². The molecule has 0 unspecified atom stereocenters. The highest BCUT2D eigenvalue weighted by molar-refractivity contribution is 5.95. The summed E-state index contributed by atoms with van der Waals surface area (Å²) in [4.78, 5) is 32.9. The normalized spacial score (nSPS) is 14.7. The van der Waals surface area contributed by atoms with Crippen molar-refractivity contribution in [2.24, 2.45) is 0 Å². The molecule has 0 amide bonds. The second kappa shape index (κ2) is 11.0. The number of anilines is 2. The van der Waals surface area contributed by atoms with Crippen LogP contribution in [0.2, 0.25) is 0 Å². The number of H-pyrrole nitrogens is 1. The Morgan fingerprint density at radius 1 is 1.08 bits per heavy atom. The van der Waals surface area contributed by atoms with Gasteiger partial charge in [-0.25, -0.2) is 19.3 Å². The molecule has 37 heavy (non-hydrogen) atoms. The van der Waals surface area contributed by atoms with Crippen molar-refractivity contribution < 1.29 is 9.13 Å². The van der Waals surface area contributed by atoms with Crippen molar-refractivity contribution in [3.8, 4) is 17.3 Å². The number of hydrogen-bond acceptors (Lipinski definition) is 8. The zero-order valence-electron chi connectivity index (χ0n) is 21.0. The van der Waals surface area contributed by atoms with E-state index >= 15 is 0 Å². The number of rotatable bonds is 8. The molecule has 5 rings (SSSR count). The number of aromatic amines is 1. The second-order valence-corrected chi connectivity index (χ2v) is 9.05. The van der Waals surface area contributed by atoms with E-state index in [1.165, 1.54) is 18.7 Å². The third kappa shape index (κ3) is 5.60. The Kier molecular flexibility index (Phi) is 7.38. The lowest BCUT2D eigenvalue weighted by molar-refractivity contribution is 0.138. The molecule has 0 saturated carbocycles. The Morgan fingerprint density at radius 3 is 2.46 bits per heavy atom. The maximum absolute atomic E-state index is 14.7. The second-order valence-electron chi connectivity index (χ2n) is 9.05. The van der Waals surface area contributed by atoms with Crippen LogP contribution >= 0.6 is 0 Å². The number of pyridine rings is 2. The van der Waals surface area contributed by atoms with E-state index in [1.807, 2.05) is 12.1 Å². The van der Waals surface area contributed by atoms with Crippen molar-refractivity contribution in [3.05, 3.63) is 70.7 Å². The molecule has 0 atom stereocenters. The minimum Gasteiger partial charge on any atom is -0.467 e. The van der Waals surface area contributed by atoms with Crippen molar-refractivity contribution in [1.82, 2.24) is 29.7 Å². The molecule has 1 saturated heterocycles. The van der Waals surface area contributed by atoms with Gasteiger partial charge in [0.25, 0.3) is 5.56 Å². The van der Waals surface area contributed by atoms with Crippen LogP contribution in [0.25, 0.3) is 22.0 Å². The lowest BCUT2D eigenvalue weighted by atomic mass is 10.1. The fourth-order valence-corrected chi connectivity index (χ4v) is 4.54. The highest BCUT2D eigenvalue weighted by atomic mass is 19.1. The maximum Gasteiger partial charge on any atom is 0.316 e. The number of halogens is 1. The molecule has 3 aromatic heterocycles. The van der Waals surface area contributed by atoms with Crippen molar-refractivity contribution in [3.63, 3.8) is 0 Å². The first-order chi connectivity index (χ1) is 18.0. The van der Waals surface area contributed by atoms with Gasteiger partial charge < -0.3 is 24.8 Å². The molecule has 9 nitrogen and oxygen atoms in total. The third-order valence-corrected chi connectivity index (χ3v) is 6.79. The van der Waals surface area contributed by atoms with E-state index < -0.39 is 11.4 Å². The summed E-state index contributed by atoms with van der Waals surface area (Å²) in [7, 11) is 1.48. The van der Waals surface area contributed by atoms with Crippen molar-refractivity contribution in [2.75, 3.05) is 51.7 Å². The van der Waals surface area contributed by atoms with Crippen LogP contribution in [0.3, 0.4) is 0 Å². The standard InChI is InChI=1S/C27H30FN7O2/c1-3-34-10-12-35(13-11-34)9-8-18-4-6-20(7-5-18)32-25-24-21(22(28)17-29-26(24)36)14-23(33-25)19-15-30-27(37-2)31-16-19/h4-7,14-17H,3,8-13H2,1-2H3,(H,29,36)(H,32,33). The van der Waals surface area contributed by atoms with Crippen LogP contribution in [0, 0.1) is 5.82 Å². The first-order valence-electron chi connectivity index (χ1n) is 12.4. The summed E-state index contributed by atoms with van der Waals surface area (Å²) >= 11 is 0. The number of nitrogens with zero attached hydrogens (tertiary/aromatic N) is 5. The largest absolute Gasteiger partial charge is 0.467 e. The quantitative estimate of drug-likeness (QED) is 0.377. The van der Waals surface area contributed by atoms with Crippen molar-refractivity contribution in [1.29, 1.82) is 0 Å². The highest BCUT2D eigenvalue weighted by Crippen LogP contribution is 2.29. The topological polar surface area (TPSA) is 99.3 Å². The van der Waals surface area contributed by atoms with Gasteiger partial charge >= 0.3 is 6.01 Å². The Bertz CT molecular complexity index is 1420. The molecule has 1 aliphatic heterocycles. The molecule has 192 valence electrons. The molecule has 1 fully saturated rings. The van der Waals surface area contributed by atoms with Crippen LogP contribution < -0.4 is 15.6 Å². The smallest absolute Gasteiger partial charge is 0.316 e. The zero-order valence-corrected chi connectivity index (χ0v) is 21.0. The summed E-state index contributed by atoms with van der Waals surface area (Å²) in [6, 6.07) is 9.79. The van der Waals surface area contributed by atoms with Crippen LogP contribution in [0.1, 0.15) is 12.5 Å². The number of fused-ring (bicyclic) bond motifs is 1. The molecule has 1 aromatic carbocycles. The molecule has 4 heterocycles. The van der Waals surface area contributed by atoms with E-state index in [0.29, 0.717) is 11.3 Å². The molecule has 1 aliphatic rings. The molecule has 10 heteroatoms. The Hall–Kier alpha value is -3.89. The number of ether oxygens (including phenoxy) is 1. The number of nitrogens with one attached hydrogen (secondary N) is 2. The lowest BCUT2D eigenvalue weighted by Crippen LogP contribution is -2.46. The maximum atomic E-state index is 14.7. The van der Waals surface area contributed by atoms with Crippen LogP contribution in [0.4, 0.5) is 15.9 Å². The lowest BCUT2D eigenvalue weighted by Gasteiger charge is -2.34. The summed E-state index contributed by atoms with van der Waals surface area (Å²) in [6.45, 7) is 8.81. The van der Waals surface area contributed by atoms with Crippen LogP contribution in [-0.2, 0) is 6.42 Å². The Morgan fingerprint density at radius 2 is 1.78 bits per heavy atom. The van der Waals surface area contributed by atoms with Gasteiger partial charge in [-0.05, 0) is 36.7 Å². The molecule has 0 aliphatic carbocycles. The highest BCUT2D eigenvalue weighted by Gasteiger charge is 2.17. The zero-order chi connectivity index (χ0) is 25.8. The summed E-state index contributed by atoms with van der Waals surface area (Å²) in [5.74, 6) is -0.295. The summed E-state index contributed by atoms with van der Waals surface area (Å²) < 4.78 is 19.8. The summed E-state index contributed by atoms with van der Waals surface area (Å²) in [5.41, 5.74) is 2.56. The fourth-order valence-electron chi connectivity index (χ4n) is 4.54. The van der Waals surface area contributed by atoms with E-state index in [9.17, 15) is 9.18 Å². The van der Waals surface area contributed by atoms with Crippen LogP contribution in [0.5, 0.6) is 6.01 Å². The first kappa shape index (κ1) is 24.8. The summed E-state index contributed by atoms with van der Waals surface area (Å²) in [6.07, 6.45) is 5.11. The fraction of sp³-hybridized carbons (Fsp3) is 0.333. The molecule has 4 aromatic rings. The number of likely N-dealkylation sites (N-methyl/N-ethyl adjacent to an activating group) is 1. The first-order valence-corrected chi connectivity index (χ1v) is 12.4. The SMILES string of the molecule is CCN1CCN(CCc2ccc(Nc3nc(-c4cnc(OC)nc4)cc4c(F)c[nH]c(=O)c34)cc2)CC1. The van der Waals surface area contributed by atoms with E-state index in [1.54, 1.807) is 12.4 Å². The monoisotopic (exact) mass is 503 g/mol. The number of methoxy groups -OCH3 is 1. The van der Waals surface area contributed by atoms with Crippen molar-refractivity contribution >= 4 is 22.3 Å². The average molecular weight is 504 g/mol. The number of aromatic nitrogens is 4. The number of piperazine rings is 1. The predicted molar refractivity (Wildman–Crippen MR) is 142 cm³/mol. The van der Waals surface area contributed by atoms with Crippen LogP contribution in [-0.4, -0.2) is 76.1 Å². The van der Waals surface area contributed by atoms with Gasteiger partial charge in [-0.15, -0.1) is 0 Å². The third-order valence-electron chi connectivity index (χ3n) is 6.79. The number of benzene rings is 1. The summed E-state index contributed by atoms with van der Waals surface area (Å²) in [5, 5.41) is 3.52. The van der Waals surface area contributed by atoms with Gasteiger partial charge in [-0.1, -0.05) is 19.1 Å². The molecule has 0 bridgehead atoms. The van der Waals surface area contributed by atoms with E-state index in [-0.39, 0.29) is 22.6 Å². The van der Waals surface area contributed by atoms with Gasteiger partial charge in [0, 0.05) is 68.0 Å². The van der Waals surface area contributed by atoms with Gasteiger partial charge in [-0.3, -0.25) is 4.79 Å². The minimum atomic E-state index is -0.550. The minimum absolute atomic E-state index is 0.147. The van der Waals surface area contributed by atoms with Gasteiger partial charge in [0.15, 0.2) is 0 Å². The van der Waals surface area contributed by atoms with E-state index in [2.05, 4.69) is 54.1 Å². The van der Waals surface area contributed by atoms with Gasteiger partial charge in [0.1, 0.15) is 11.6 Å². The van der Waals surface area contributed by atoms with E-state index in [4.69, 9.17) is 4.74 Å². The van der Waals surface area contributed by atoms with Gasteiger partial charge in [0.2, 0.25) is 0 Å². The van der Waals surface area contributed by atoms with Crippen LogP contribution in [0.15, 0.2) is 53.7 Å².